The maximum absolute atomic E-state index is 12.8. The molecule has 3 rings (SSSR count). The number of sulfonamides is 1. The Labute approximate surface area is 183 Å². The minimum absolute atomic E-state index is 0.127. The van der Waals surface area contributed by atoms with Gasteiger partial charge < -0.3 is 9.88 Å². The molecule has 1 amide bonds. The van der Waals surface area contributed by atoms with Crippen LogP contribution in [0.4, 0.5) is 5.69 Å². The molecule has 1 N–H and O–H groups in total. The Morgan fingerprint density at radius 1 is 1.03 bits per heavy atom. The smallest absolute Gasteiger partial charge is 0.251 e. The van der Waals surface area contributed by atoms with Gasteiger partial charge in [0.1, 0.15) is 6.54 Å². The molecule has 7 nitrogen and oxygen atoms in total. The second-order valence-electron chi connectivity index (χ2n) is 6.63. The predicted molar refractivity (Wildman–Crippen MR) is 119 cm³/mol. The second-order valence-corrected chi connectivity index (χ2v) is 9.59. The summed E-state index contributed by atoms with van der Waals surface area (Å²) in [4.78, 5) is 24.2. The lowest BCUT2D eigenvalue weighted by atomic mass is 10.2. The zero-order valence-corrected chi connectivity index (χ0v) is 18.6. The van der Waals surface area contributed by atoms with E-state index in [1.165, 1.54) is 52.4 Å². The van der Waals surface area contributed by atoms with Gasteiger partial charge in [-0.15, -0.1) is 0 Å². The van der Waals surface area contributed by atoms with E-state index in [4.69, 9.17) is 0 Å². The third-order valence-corrected chi connectivity index (χ3v) is 6.64. The van der Waals surface area contributed by atoms with Crippen LogP contribution >= 0.6 is 15.9 Å². The normalized spacial score (nSPS) is 11.4. The molecular formula is C21H20BrN3O4S. The van der Waals surface area contributed by atoms with Gasteiger partial charge in [-0.05, 0) is 51.8 Å². The molecule has 0 aliphatic heterocycles. The van der Waals surface area contributed by atoms with Crippen molar-refractivity contribution in [3.63, 3.8) is 0 Å². The molecule has 2 aromatic carbocycles. The van der Waals surface area contributed by atoms with E-state index in [0.717, 1.165) is 5.56 Å². The van der Waals surface area contributed by atoms with Crippen molar-refractivity contribution in [1.29, 1.82) is 0 Å². The quantitative estimate of drug-likeness (QED) is 0.552. The highest BCUT2D eigenvalue weighted by Gasteiger charge is 2.21. The molecule has 0 bridgehead atoms. The number of pyridine rings is 1. The van der Waals surface area contributed by atoms with Gasteiger partial charge in [-0.25, -0.2) is 8.42 Å². The van der Waals surface area contributed by atoms with Gasteiger partial charge in [-0.3, -0.25) is 9.59 Å². The molecule has 1 heterocycles. The fraction of sp³-hybridized carbons (Fsp3) is 0.143. The zero-order valence-electron chi connectivity index (χ0n) is 16.2. The van der Waals surface area contributed by atoms with Gasteiger partial charge >= 0.3 is 0 Å². The molecule has 0 aliphatic carbocycles. The fourth-order valence-corrected chi connectivity index (χ4v) is 4.33. The Kier molecular flexibility index (Phi) is 6.86. The first kappa shape index (κ1) is 21.9. The van der Waals surface area contributed by atoms with Crippen LogP contribution in [0.3, 0.4) is 0 Å². The number of carbonyl (C=O) groups is 1. The zero-order chi connectivity index (χ0) is 21.7. The van der Waals surface area contributed by atoms with E-state index in [0.29, 0.717) is 10.2 Å². The molecule has 0 fully saturated rings. The molecular weight excluding hydrogens is 470 g/mol. The molecule has 156 valence electrons. The fourth-order valence-electron chi connectivity index (χ4n) is 2.80. The van der Waals surface area contributed by atoms with E-state index < -0.39 is 15.9 Å². The largest absolute Gasteiger partial charge is 0.325 e. The van der Waals surface area contributed by atoms with Crippen molar-refractivity contribution in [2.75, 3.05) is 12.4 Å². The van der Waals surface area contributed by atoms with Gasteiger partial charge in [0.15, 0.2) is 0 Å². The average molecular weight is 490 g/mol. The van der Waals surface area contributed by atoms with E-state index in [2.05, 4.69) is 21.2 Å². The molecule has 0 atom stereocenters. The van der Waals surface area contributed by atoms with E-state index in [1.807, 2.05) is 30.3 Å². The van der Waals surface area contributed by atoms with E-state index >= 15 is 0 Å². The molecule has 1 aromatic heterocycles. The van der Waals surface area contributed by atoms with Crippen molar-refractivity contribution in [1.82, 2.24) is 8.87 Å². The summed E-state index contributed by atoms with van der Waals surface area (Å²) < 4.78 is 28.8. The highest BCUT2D eigenvalue weighted by Crippen LogP contribution is 2.19. The third-order valence-electron chi connectivity index (χ3n) is 4.36. The number of halogens is 1. The van der Waals surface area contributed by atoms with Crippen molar-refractivity contribution >= 4 is 37.5 Å². The average Bonchev–Trinajstić information content (AvgIpc) is 2.72. The number of rotatable bonds is 7. The molecule has 0 saturated carbocycles. The maximum Gasteiger partial charge on any atom is 0.251 e. The Balaban J connectivity index is 1.67. The third kappa shape index (κ3) is 5.44. The summed E-state index contributed by atoms with van der Waals surface area (Å²) in [6.07, 6.45) is 1.53. The molecule has 0 spiro atoms. The molecule has 0 radical (unpaired) electrons. The lowest BCUT2D eigenvalue weighted by molar-refractivity contribution is -0.116. The number of aromatic nitrogens is 1. The van der Waals surface area contributed by atoms with Crippen LogP contribution in [-0.2, 0) is 27.9 Å². The molecule has 3 aromatic rings. The van der Waals surface area contributed by atoms with Crippen molar-refractivity contribution in [3.05, 3.63) is 93.3 Å². The molecule has 9 heteroatoms. The van der Waals surface area contributed by atoms with E-state index in [-0.39, 0.29) is 23.5 Å². The standard InChI is InChI=1S/C21H20BrN3O4S/c1-24(13-16-5-3-2-4-6-16)30(28,29)19-10-8-18(9-11-19)23-20(26)15-25-14-17(22)7-12-21(25)27/h2-12,14H,13,15H2,1H3,(H,23,26). The van der Waals surface area contributed by atoms with Crippen molar-refractivity contribution in [3.8, 4) is 0 Å². The van der Waals surface area contributed by atoms with Crippen LogP contribution in [0, 0.1) is 0 Å². The number of hydrogen-bond acceptors (Lipinski definition) is 4. The number of amides is 1. The topological polar surface area (TPSA) is 88.5 Å². The molecule has 0 saturated heterocycles. The predicted octanol–water partition coefficient (Wildman–Crippen LogP) is 3.07. The summed E-state index contributed by atoms with van der Waals surface area (Å²) in [5.74, 6) is -0.396. The minimum Gasteiger partial charge on any atom is -0.325 e. The van der Waals surface area contributed by atoms with Crippen molar-refractivity contribution < 1.29 is 13.2 Å². The summed E-state index contributed by atoms with van der Waals surface area (Å²) in [7, 11) is -2.15. The van der Waals surface area contributed by atoms with Gasteiger partial charge in [-0.2, -0.15) is 4.31 Å². The van der Waals surface area contributed by atoms with Gasteiger partial charge in [0, 0.05) is 36.0 Å². The van der Waals surface area contributed by atoms with Gasteiger partial charge in [0.05, 0.1) is 4.90 Å². The number of carbonyl (C=O) groups excluding carboxylic acids is 1. The van der Waals surface area contributed by atoms with E-state index in [9.17, 15) is 18.0 Å². The second kappa shape index (κ2) is 9.38. The molecule has 0 unspecified atom stereocenters. The minimum atomic E-state index is -3.67. The first-order chi connectivity index (χ1) is 14.3. The number of benzene rings is 2. The van der Waals surface area contributed by atoms with Crippen LogP contribution in [0.1, 0.15) is 5.56 Å². The highest BCUT2D eigenvalue weighted by molar-refractivity contribution is 9.10. The Morgan fingerprint density at radius 3 is 2.37 bits per heavy atom. The Hall–Kier alpha value is -2.75. The number of nitrogens with one attached hydrogen (secondary N) is 1. The van der Waals surface area contributed by atoms with Gasteiger partial charge in [0.2, 0.25) is 15.9 Å². The van der Waals surface area contributed by atoms with Crippen LogP contribution in [0.2, 0.25) is 0 Å². The van der Waals surface area contributed by atoms with Crippen molar-refractivity contribution in [2.24, 2.45) is 0 Å². The number of hydrogen-bond donors (Lipinski definition) is 1. The van der Waals surface area contributed by atoms with Gasteiger partial charge in [-0.1, -0.05) is 30.3 Å². The van der Waals surface area contributed by atoms with Gasteiger partial charge in [0.25, 0.3) is 5.56 Å². The maximum atomic E-state index is 12.8. The van der Waals surface area contributed by atoms with Crippen LogP contribution in [0.15, 0.2) is 87.1 Å². The Morgan fingerprint density at radius 2 is 1.70 bits per heavy atom. The summed E-state index contributed by atoms with van der Waals surface area (Å²) in [6.45, 7) is 0.0984. The first-order valence-electron chi connectivity index (χ1n) is 9.02. The monoisotopic (exact) mass is 489 g/mol. The summed E-state index contributed by atoms with van der Waals surface area (Å²) in [6, 6.07) is 18.2. The number of nitrogens with zero attached hydrogens (tertiary/aromatic N) is 2. The number of anilines is 1. The summed E-state index contributed by atoms with van der Waals surface area (Å²) in [5.41, 5.74) is 1.03. The molecule has 0 aliphatic rings. The summed E-state index contributed by atoms with van der Waals surface area (Å²) >= 11 is 3.26. The van der Waals surface area contributed by atoms with Crippen molar-refractivity contribution in [2.45, 2.75) is 18.0 Å². The highest BCUT2D eigenvalue weighted by atomic mass is 79.9. The first-order valence-corrected chi connectivity index (χ1v) is 11.3. The van der Waals surface area contributed by atoms with Crippen LogP contribution in [0.5, 0.6) is 0 Å². The lowest BCUT2D eigenvalue weighted by Crippen LogP contribution is -2.27. The molecule has 30 heavy (non-hydrogen) atoms. The summed E-state index contributed by atoms with van der Waals surface area (Å²) in [5, 5.41) is 2.66. The SMILES string of the molecule is CN(Cc1ccccc1)S(=O)(=O)c1ccc(NC(=O)Cn2cc(Br)ccc2=O)cc1. The van der Waals surface area contributed by atoms with Crippen LogP contribution < -0.4 is 10.9 Å². The van der Waals surface area contributed by atoms with Crippen LogP contribution in [0.25, 0.3) is 0 Å². The van der Waals surface area contributed by atoms with Crippen LogP contribution in [-0.4, -0.2) is 30.2 Å². The van der Waals surface area contributed by atoms with E-state index in [1.54, 1.807) is 6.07 Å². The Bertz CT molecular complexity index is 1190. The lowest BCUT2D eigenvalue weighted by Gasteiger charge is -2.17.